The fourth-order valence-corrected chi connectivity index (χ4v) is 1.82. The Morgan fingerprint density at radius 1 is 1.11 bits per heavy atom. The van der Waals surface area contributed by atoms with Crippen LogP contribution >= 0.6 is 11.8 Å². The van der Waals surface area contributed by atoms with E-state index < -0.39 is 0 Å². The van der Waals surface area contributed by atoms with E-state index in [0.717, 1.165) is 16.4 Å². The Bertz CT molecular complexity index is 530. The van der Waals surface area contributed by atoms with Crippen molar-refractivity contribution in [2.24, 2.45) is 0 Å². The van der Waals surface area contributed by atoms with Crippen LogP contribution in [-0.4, -0.2) is 16.2 Å². The second kappa shape index (κ2) is 8.70. The number of hydrogen-bond donors (Lipinski definition) is 0. The zero-order valence-electron chi connectivity index (χ0n) is 10.5. The molecular weight excluding hydrogens is 296 g/mol. The minimum atomic E-state index is 0. The van der Waals surface area contributed by atoms with Gasteiger partial charge >= 0.3 is 17.1 Å². The number of hydrogen-bond acceptors (Lipinski definition) is 3. The van der Waals surface area contributed by atoms with Crippen LogP contribution in [0.5, 0.6) is 0 Å². The van der Waals surface area contributed by atoms with Crippen LogP contribution in [0.25, 0.3) is 11.3 Å². The van der Waals surface area contributed by atoms with Crippen LogP contribution in [0.4, 0.5) is 0 Å². The first-order chi connectivity index (χ1) is 8.90. The van der Waals surface area contributed by atoms with Gasteiger partial charge in [0.2, 0.25) is 0 Å². The maximum absolute atomic E-state index is 4.39. The fraction of sp³-hybridized carbons (Fsp3) is 0.0667. The largest absolute Gasteiger partial charge is 2.00 e. The molecule has 0 aliphatic carbocycles. The van der Waals surface area contributed by atoms with Crippen LogP contribution in [0.2, 0.25) is 0 Å². The number of rotatable bonds is 2. The molecule has 3 aromatic rings. The molecule has 0 unspecified atom stereocenters. The molecule has 1 aromatic heterocycles. The second-order valence-electron chi connectivity index (χ2n) is 3.56. The zero-order chi connectivity index (χ0) is 12.6. The molecule has 3 rings (SSSR count). The van der Waals surface area contributed by atoms with Gasteiger partial charge in [-0.15, -0.1) is 12.1 Å². The van der Waals surface area contributed by atoms with Gasteiger partial charge in [-0.1, -0.05) is 23.4 Å². The monoisotopic (exact) mass is 310 g/mol. The molecule has 0 spiro atoms. The summed E-state index contributed by atoms with van der Waals surface area (Å²) < 4.78 is 0. The second-order valence-corrected chi connectivity index (χ2v) is 4.34. The van der Waals surface area contributed by atoms with Gasteiger partial charge in [-0.2, -0.15) is 30.3 Å². The summed E-state index contributed by atoms with van der Waals surface area (Å²) in [5.41, 5.74) is 2.14. The molecule has 98 valence electrons. The number of aromatic nitrogens is 2. The summed E-state index contributed by atoms with van der Waals surface area (Å²) in [6.45, 7) is 0. The molecule has 0 amide bonds. The van der Waals surface area contributed by atoms with Crippen molar-refractivity contribution in [1.82, 2.24) is 9.97 Å². The van der Waals surface area contributed by atoms with Crippen LogP contribution < -0.4 is 0 Å². The van der Waals surface area contributed by atoms with Gasteiger partial charge in [0.05, 0.1) is 0 Å². The van der Waals surface area contributed by atoms with E-state index in [4.69, 9.17) is 0 Å². The van der Waals surface area contributed by atoms with Gasteiger partial charge in [0.15, 0.2) is 5.16 Å². The zero-order valence-corrected chi connectivity index (χ0v) is 12.4. The van der Waals surface area contributed by atoms with Gasteiger partial charge in [0.25, 0.3) is 0 Å². The predicted molar refractivity (Wildman–Crippen MR) is 76.9 cm³/mol. The van der Waals surface area contributed by atoms with Crippen molar-refractivity contribution in [3.05, 3.63) is 66.9 Å². The molecule has 0 aliphatic heterocycles. The molecule has 2 nitrogen and oxygen atoms in total. The first-order valence-electron chi connectivity index (χ1n) is 5.66. The molecule has 2 aromatic carbocycles. The Morgan fingerprint density at radius 2 is 1.79 bits per heavy atom. The summed E-state index contributed by atoms with van der Waals surface area (Å²) in [6.07, 6.45) is 3.77. The Kier molecular flexibility index (Phi) is 7.19. The molecule has 4 heteroatoms. The van der Waals surface area contributed by atoms with Crippen LogP contribution in [0.15, 0.2) is 72.0 Å². The van der Waals surface area contributed by atoms with E-state index in [1.165, 1.54) is 0 Å². The Hall–Kier alpha value is -1.35. The van der Waals surface area contributed by atoms with Crippen molar-refractivity contribution in [3.8, 4) is 11.3 Å². The maximum Gasteiger partial charge on any atom is 2.00 e. The van der Waals surface area contributed by atoms with E-state index >= 15 is 0 Å². The fourth-order valence-electron chi connectivity index (χ4n) is 1.47. The van der Waals surface area contributed by atoms with Crippen LogP contribution in [0.3, 0.4) is 0 Å². The molecule has 0 aliphatic rings. The Balaban J connectivity index is 0.000000256. The molecule has 0 N–H and O–H groups in total. The van der Waals surface area contributed by atoms with Crippen molar-refractivity contribution in [2.45, 2.75) is 5.16 Å². The third-order valence-electron chi connectivity index (χ3n) is 2.33. The Morgan fingerprint density at radius 3 is 2.32 bits per heavy atom. The first kappa shape index (κ1) is 15.7. The standard InChI is InChI=1S/C10H9N2S.C5H5.Fe/c1-13-10-11-7-6-9(12-10)8-4-2-3-5-8;1-2-4-5-3-1;/h2-7H,1H3;1-5H;/q2*-1;+2. The van der Waals surface area contributed by atoms with Crippen molar-refractivity contribution >= 4 is 11.8 Å². The molecular formula is C15H14FeN2S. The summed E-state index contributed by atoms with van der Waals surface area (Å²) >= 11 is 1.56. The van der Waals surface area contributed by atoms with Gasteiger partial charge in [0, 0.05) is 0 Å². The van der Waals surface area contributed by atoms with Crippen LogP contribution in [-0.2, 0) is 17.1 Å². The van der Waals surface area contributed by atoms with E-state index in [-0.39, 0.29) is 17.1 Å². The van der Waals surface area contributed by atoms with E-state index in [0.29, 0.717) is 0 Å². The smallest absolute Gasteiger partial charge is 0.243 e. The average molecular weight is 310 g/mol. The average Bonchev–Trinajstić information content (AvgIpc) is 3.14. The van der Waals surface area contributed by atoms with Crippen molar-refractivity contribution in [1.29, 1.82) is 0 Å². The van der Waals surface area contributed by atoms with Gasteiger partial charge < -0.3 is 0 Å². The number of thioether (sulfide) groups is 1. The third kappa shape index (κ3) is 5.03. The summed E-state index contributed by atoms with van der Waals surface area (Å²) in [4.78, 5) is 8.51. The molecule has 0 atom stereocenters. The maximum atomic E-state index is 4.39. The quantitative estimate of drug-likeness (QED) is 0.310. The van der Waals surface area contributed by atoms with E-state index in [1.807, 2.05) is 66.9 Å². The summed E-state index contributed by atoms with van der Waals surface area (Å²) in [7, 11) is 0. The van der Waals surface area contributed by atoms with Crippen molar-refractivity contribution < 1.29 is 17.1 Å². The molecule has 0 saturated heterocycles. The molecule has 0 saturated carbocycles. The Labute approximate surface area is 128 Å². The third-order valence-corrected chi connectivity index (χ3v) is 2.89. The minimum absolute atomic E-state index is 0. The van der Waals surface area contributed by atoms with Crippen molar-refractivity contribution in [3.63, 3.8) is 0 Å². The first-order valence-corrected chi connectivity index (χ1v) is 6.88. The van der Waals surface area contributed by atoms with Crippen molar-refractivity contribution in [2.75, 3.05) is 6.26 Å². The molecule has 19 heavy (non-hydrogen) atoms. The summed E-state index contributed by atoms with van der Waals surface area (Å²) in [6, 6.07) is 20.0. The van der Waals surface area contributed by atoms with Gasteiger partial charge in [-0.3, -0.25) is 0 Å². The SMILES string of the molecule is CSc1nccc(-[c-]2cccc2)n1.[Fe+2].c1cc[cH-]c1. The van der Waals surface area contributed by atoms with Gasteiger partial charge in [-0.25, -0.2) is 22.1 Å². The molecule has 1 heterocycles. The van der Waals surface area contributed by atoms with Crippen LogP contribution in [0.1, 0.15) is 0 Å². The van der Waals surface area contributed by atoms with Gasteiger partial charge in [-0.05, 0) is 18.1 Å². The summed E-state index contributed by atoms with van der Waals surface area (Å²) in [5.74, 6) is 0. The number of nitrogens with zero attached hydrogens (tertiary/aromatic N) is 2. The molecule has 0 bridgehead atoms. The molecule has 0 fully saturated rings. The molecule has 0 radical (unpaired) electrons. The predicted octanol–water partition coefficient (Wildman–Crippen LogP) is 3.99. The normalized spacial score (nSPS) is 9.11. The minimum Gasteiger partial charge on any atom is -0.243 e. The van der Waals surface area contributed by atoms with Crippen LogP contribution in [0, 0.1) is 0 Å². The van der Waals surface area contributed by atoms with E-state index in [9.17, 15) is 0 Å². The van der Waals surface area contributed by atoms with E-state index in [2.05, 4.69) is 9.97 Å². The summed E-state index contributed by atoms with van der Waals surface area (Å²) in [5, 5.41) is 0.818. The topological polar surface area (TPSA) is 25.8 Å². The van der Waals surface area contributed by atoms with E-state index in [1.54, 1.807) is 18.0 Å². The van der Waals surface area contributed by atoms with Gasteiger partial charge in [0.1, 0.15) is 0 Å².